The van der Waals surface area contributed by atoms with E-state index in [1.165, 1.54) is 12.1 Å². The summed E-state index contributed by atoms with van der Waals surface area (Å²) < 4.78 is 0. The van der Waals surface area contributed by atoms with E-state index in [1.54, 1.807) is 19.0 Å². The van der Waals surface area contributed by atoms with Crippen molar-refractivity contribution in [2.75, 3.05) is 45.7 Å². The predicted octanol–water partition coefficient (Wildman–Crippen LogP) is 1.54. The lowest BCUT2D eigenvalue weighted by Crippen LogP contribution is -2.41. The maximum atomic E-state index is 11.7. The molecule has 2 rings (SSSR count). The Hall–Kier alpha value is -2.24. The van der Waals surface area contributed by atoms with Crippen molar-refractivity contribution in [3.8, 4) is 0 Å². The fourth-order valence-electron chi connectivity index (χ4n) is 2.47. The van der Waals surface area contributed by atoms with Crippen LogP contribution in [-0.2, 0) is 4.79 Å². The Labute approximate surface area is 151 Å². The van der Waals surface area contributed by atoms with Gasteiger partial charge in [-0.25, -0.2) is 4.99 Å². The second-order valence-electron chi connectivity index (χ2n) is 6.95. The van der Waals surface area contributed by atoms with Gasteiger partial charge in [-0.3, -0.25) is 4.79 Å². The molecule has 1 amide bonds. The van der Waals surface area contributed by atoms with Crippen LogP contribution in [-0.4, -0.2) is 63.6 Å². The number of carbonyl (C=O) groups is 1. The van der Waals surface area contributed by atoms with Gasteiger partial charge in [-0.1, -0.05) is 25.1 Å². The van der Waals surface area contributed by atoms with Crippen molar-refractivity contribution >= 4 is 17.6 Å². The number of rotatable bonds is 8. The summed E-state index contributed by atoms with van der Waals surface area (Å²) in [5, 5.41) is 6.76. The van der Waals surface area contributed by atoms with Crippen LogP contribution in [0.3, 0.4) is 0 Å². The van der Waals surface area contributed by atoms with Gasteiger partial charge in [-0.05, 0) is 30.9 Å². The highest BCUT2D eigenvalue weighted by Crippen LogP contribution is 2.28. The highest BCUT2D eigenvalue weighted by Gasteiger charge is 2.33. The second-order valence-corrected chi connectivity index (χ2v) is 6.95. The highest BCUT2D eigenvalue weighted by atomic mass is 16.2. The molecule has 1 saturated carbocycles. The average Bonchev–Trinajstić information content (AvgIpc) is 3.31. The Bertz CT molecular complexity index is 572. The molecule has 6 nitrogen and oxygen atoms in total. The maximum absolute atomic E-state index is 11.7. The molecule has 0 heterocycles. The van der Waals surface area contributed by atoms with E-state index in [1.807, 2.05) is 6.07 Å². The number of para-hydroxylation sites is 1. The number of amides is 1. The van der Waals surface area contributed by atoms with E-state index in [0.717, 1.165) is 25.5 Å². The lowest BCUT2D eigenvalue weighted by Gasteiger charge is -2.20. The third kappa shape index (κ3) is 6.64. The minimum absolute atomic E-state index is 0.00811. The molecule has 0 radical (unpaired) electrons. The molecule has 1 aromatic carbocycles. The molecule has 1 aromatic rings. The SMILES string of the molecule is CC1CC1NC(=NCC(=O)N(C)C)NCCCN(C)c1ccccc1. The summed E-state index contributed by atoms with van der Waals surface area (Å²) in [7, 11) is 5.60. The number of hydrogen-bond donors (Lipinski definition) is 2. The van der Waals surface area contributed by atoms with Gasteiger partial charge in [-0.15, -0.1) is 0 Å². The first-order chi connectivity index (χ1) is 12.0. The van der Waals surface area contributed by atoms with E-state index in [2.05, 4.69) is 58.8 Å². The number of benzene rings is 1. The van der Waals surface area contributed by atoms with Crippen molar-refractivity contribution in [1.29, 1.82) is 0 Å². The van der Waals surface area contributed by atoms with Gasteiger partial charge < -0.3 is 20.4 Å². The van der Waals surface area contributed by atoms with Gasteiger partial charge in [-0.2, -0.15) is 0 Å². The van der Waals surface area contributed by atoms with Gasteiger partial charge in [0.1, 0.15) is 6.54 Å². The zero-order valence-electron chi connectivity index (χ0n) is 15.8. The number of nitrogens with one attached hydrogen (secondary N) is 2. The summed E-state index contributed by atoms with van der Waals surface area (Å²) in [5.74, 6) is 1.43. The highest BCUT2D eigenvalue weighted by molar-refractivity contribution is 5.85. The minimum atomic E-state index is 0.00811. The summed E-state index contributed by atoms with van der Waals surface area (Å²) in [4.78, 5) is 20.0. The number of guanidine groups is 1. The smallest absolute Gasteiger partial charge is 0.243 e. The Morgan fingerprint density at radius 2 is 1.92 bits per heavy atom. The average molecular weight is 345 g/mol. The third-order valence-corrected chi connectivity index (χ3v) is 4.46. The zero-order valence-corrected chi connectivity index (χ0v) is 15.8. The van der Waals surface area contributed by atoms with Gasteiger partial charge in [0.15, 0.2) is 5.96 Å². The Morgan fingerprint density at radius 3 is 2.52 bits per heavy atom. The standard InChI is InChI=1S/C19H31N5O/c1-15-13-17(15)22-19(21-14-18(25)23(2)3)20-11-8-12-24(4)16-9-6-5-7-10-16/h5-7,9-10,15,17H,8,11-14H2,1-4H3,(H2,20,21,22). The molecule has 2 unspecified atom stereocenters. The first-order valence-electron chi connectivity index (χ1n) is 8.98. The maximum Gasteiger partial charge on any atom is 0.243 e. The van der Waals surface area contributed by atoms with Crippen LogP contribution in [0, 0.1) is 5.92 Å². The van der Waals surface area contributed by atoms with Crippen molar-refractivity contribution in [2.24, 2.45) is 10.9 Å². The Kier molecular flexibility index (Phi) is 7.10. The predicted molar refractivity (Wildman–Crippen MR) is 104 cm³/mol. The van der Waals surface area contributed by atoms with Gasteiger partial charge in [0.05, 0.1) is 0 Å². The molecule has 1 fully saturated rings. The van der Waals surface area contributed by atoms with Gasteiger partial charge in [0.2, 0.25) is 5.91 Å². The molecule has 1 aliphatic rings. The molecule has 6 heteroatoms. The third-order valence-electron chi connectivity index (χ3n) is 4.46. The first-order valence-corrected chi connectivity index (χ1v) is 8.98. The number of likely N-dealkylation sites (N-methyl/N-ethyl adjacent to an activating group) is 1. The van der Waals surface area contributed by atoms with Crippen molar-refractivity contribution in [1.82, 2.24) is 15.5 Å². The summed E-state index contributed by atoms with van der Waals surface area (Å²) in [5.41, 5.74) is 1.22. The molecule has 0 saturated heterocycles. The topological polar surface area (TPSA) is 60.0 Å². The molecule has 0 spiro atoms. The van der Waals surface area contributed by atoms with Crippen LogP contribution in [0.4, 0.5) is 5.69 Å². The molecular weight excluding hydrogens is 314 g/mol. The van der Waals surface area contributed by atoms with Crippen molar-refractivity contribution < 1.29 is 4.79 Å². The molecule has 2 atom stereocenters. The zero-order chi connectivity index (χ0) is 18.2. The Morgan fingerprint density at radius 1 is 1.24 bits per heavy atom. The Balaban J connectivity index is 1.76. The van der Waals surface area contributed by atoms with E-state index in [9.17, 15) is 4.79 Å². The first kappa shape index (κ1) is 19.1. The second kappa shape index (κ2) is 9.30. The van der Waals surface area contributed by atoms with Crippen LogP contribution in [0.2, 0.25) is 0 Å². The summed E-state index contributed by atoms with van der Waals surface area (Å²) in [6.07, 6.45) is 2.16. The van der Waals surface area contributed by atoms with E-state index >= 15 is 0 Å². The normalized spacial score (nSPS) is 19.3. The molecule has 2 N–H and O–H groups in total. The van der Waals surface area contributed by atoms with Crippen molar-refractivity contribution in [3.63, 3.8) is 0 Å². The molecule has 0 aromatic heterocycles. The molecular formula is C19H31N5O. The number of hydrogen-bond acceptors (Lipinski definition) is 3. The number of carbonyl (C=O) groups excluding carboxylic acids is 1. The molecule has 0 aliphatic heterocycles. The van der Waals surface area contributed by atoms with Crippen LogP contribution < -0.4 is 15.5 Å². The van der Waals surface area contributed by atoms with Crippen LogP contribution in [0.5, 0.6) is 0 Å². The fraction of sp³-hybridized carbons (Fsp3) is 0.579. The van der Waals surface area contributed by atoms with Crippen LogP contribution >= 0.6 is 0 Å². The number of nitrogens with zero attached hydrogens (tertiary/aromatic N) is 3. The van der Waals surface area contributed by atoms with Crippen molar-refractivity contribution in [3.05, 3.63) is 30.3 Å². The quantitative estimate of drug-likeness (QED) is 0.426. The van der Waals surface area contributed by atoms with Crippen molar-refractivity contribution in [2.45, 2.75) is 25.8 Å². The summed E-state index contributed by atoms with van der Waals surface area (Å²) >= 11 is 0. The van der Waals surface area contributed by atoms with E-state index in [-0.39, 0.29) is 12.5 Å². The van der Waals surface area contributed by atoms with E-state index in [0.29, 0.717) is 12.0 Å². The largest absolute Gasteiger partial charge is 0.375 e. The molecule has 138 valence electrons. The molecule has 25 heavy (non-hydrogen) atoms. The summed E-state index contributed by atoms with van der Waals surface area (Å²) in [6, 6.07) is 10.8. The van der Waals surface area contributed by atoms with Gasteiger partial charge in [0.25, 0.3) is 0 Å². The molecule has 0 bridgehead atoms. The van der Waals surface area contributed by atoms with Crippen LogP contribution in [0.1, 0.15) is 19.8 Å². The lowest BCUT2D eigenvalue weighted by atomic mass is 10.3. The lowest BCUT2D eigenvalue weighted by molar-refractivity contribution is -0.127. The number of anilines is 1. The monoisotopic (exact) mass is 345 g/mol. The van der Waals surface area contributed by atoms with Crippen LogP contribution in [0.15, 0.2) is 35.3 Å². The van der Waals surface area contributed by atoms with Gasteiger partial charge >= 0.3 is 0 Å². The van der Waals surface area contributed by atoms with E-state index in [4.69, 9.17) is 0 Å². The molecule has 1 aliphatic carbocycles. The fourth-order valence-corrected chi connectivity index (χ4v) is 2.47. The van der Waals surface area contributed by atoms with Crippen LogP contribution in [0.25, 0.3) is 0 Å². The van der Waals surface area contributed by atoms with E-state index < -0.39 is 0 Å². The number of aliphatic imine (C=N–C) groups is 1. The summed E-state index contributed by atoms with van der Waals surface area (Å²) in [6.45, 7) is 4.17. The minimum Gasteiger partial charge on any atom is -0.375 e. The van der Waals surface area contributed by atoms with Gasteiger partial charge in [0, 0.05) is 46.0 Å².